The van der Waals surface area contributed by atoms with E-state index in [2.05, 4.69) is 10.2 Å². The zero-order valence-corrected chi connectivity index (χ0v) is 12.5. The van der Waals surface area contributed by atoms with Gasteiger partial charge in [-0.3, -0.25) is 10.1 Å². The lowest BCUT2D eigenvalue weighted by atomic mass is 10.1. The van der Waals surface area contributed by atoms with E-state index in [1.807, 2.05) is 13.1 Å². The highest BCUT2D eigenvalue weighted by Gasteiger charge is 2.31. The molecule has 1 atom stereocenters. The van der Waals surface area contributed by atoms with Crippen LogP contribution in [0.3, 0.4) is 0 Å². The lowest BCUT2D eigenvalue weighted by Crippen LogP contribution is -2.37. The molecule has 0 aromatic heterocycles. The number of likely N-dealkylation sites (N-methyl/N-ethyl adjacent to an activating group) is 1. The Hall–Kier alpha value is -1.50. The molecule has 1 fully saturated rings. The van der Waals surface area contributed by atoms with Gasteiger partial charge >= 0.3 is 0 Å². The molecule has 1 saturated heterocycles. The summed E-state index contributed by atoms with van der Waals surface area (Å²) in [7, 11) is 3.66. The molecule has 5 nitrogen and oxygen atoms in total. The van der Waals surface area contributed by atoms with Crippen molar-refractivity contribution in [3.05, 3.63) is 35.6 Å². The topological polar surface area (TPSA) is 44.8 Å². The number of methoxy groups -OCH3 is 1. The number of carbonyl (C=O) groups is 1. The Morgan fingerprint density at radius 2 is 2.29 bits per heavy atom. The van der Waals surface area contributed by atoms with Gasteiger partial charge in [-0.2, -0.15) is 0 Å². The first-order chi connectivity index (χ1) is 10.1. The molecule has 1 aliphatic heterocycles. The average Bonchev–Trinajstić information content (AvgIpc) is 2.84. The summed E-state index contributed by atoms with van der Waals surface area (Å²) in [6.45, 7) is 3.13. The van der Waals surface area contributed by atoms with Gasteiger partial charge in [-0.1, -0.05) is 12.1 Å². The predicted octanol–water partition coefficient (Wildman–Crippen LogP) is 0.834. The number of nitrogens with zero attached hydrogens (tertiary/aromatic N) is 2. The summed E-state index contributed by atoms with van der Waals surface area (Å²) in [4.78, 5) is 15.9. The van der Waals surface area contributed by atoms with E-state index in [-0.39, 0.29) is 17.9 Å². The summed E-state index contributed by atoms with van der Waals surface area (Å²) in [5.74, 6) is -0.241. The summed E-state index contributed by atoms with van der Waals surface area (Å²) in [5, 5.41) is 3.13. The van der Waals surface area contributed by atoms with E-state index in [1.54, 1.807) is 18.1 Å². The van der Waals surface area contributed by atoms with Gasteiger partial charge in [-0.05, 0) is 24.7 Å². The second kappa shape index (κ2) is 7.49. The zero-order chi connectivity index (χ0) is 15.2. The zero-order valence-electron chi connectivity index (χ0n) is 12.5. The first-order valence-corrected chi connectivity index (χ1v) is 7.07. The van der Waals surface area contributed by atoms with E-state index in [4.69, 9.17) is 4.74 Å². The van der Waals surface area contributed by atoms with Crippen LogP contribution < -0.4 is 5.32 Å². The Kier molecular flexibility index (Phi) is 5.67. The van der Waals surface area contributed by atoms with E-state index < -0.39 is 0 Å². The van der Waals surface area contributed by atoms with Gasteiger partial charge in [0.1, 0.15) is 12.0 Å². The molecular formula is C15H22FN3O2. The fourth-order valence-corrected chi connectivity index (χ4v) is 2.41. The van der Waals surface area contributed by atoms with Crippen molar-refractivity contribution in [2.75, 3.05) is 46.9 Å². The number of amides is 1. The normalized spacial score (nSPS) is 18.8. The summed E-state index contributed by atoms with van der Waals surface area (Å²) in [6, 6.07) is 6.38. The van der Waals surface area contributed by atoms with E-state index in [0.29, 0.717) is 19.7 Å². The molecule has 0 spiro atoms. The molecule has 0 bridgehead atoms. The van der Waals surface area contributed by atoms with Crippen LogP contribution in [0.25, 0.3) is 0 Å². The van der Waals surface area contributed by atoms with Crippen LogP contribution >= 0.6 is 0 Å². The third-order valence-electron chi connectivity index (χ3n) is 3.64. The maximum Gasteiger partial charge on any atom is 0.238 e. The molecule has 1 amide bonds. The second-order valence-electron chi connectivity index (χ2n) is 5.22. The van der Waals surface area contributed by atoms with Crippen LogP contribution in [0.2, 0.25) is 0 Å². The summed E-state index contributed by atoms with van der Waals surface area (Å²) < 4.78 is 18.4. The van der Waals surface area contributed by atoms with Gasteiger partial charge in [-0.25, -0.2) is 4.39 Å². The first-order valence-electron chi connectivity index (χ1n) is 7.07. The highest BCUT2D eigenvalue weighted by molar-refractivity contribution is 5.80. The van der Waals surface area contributed by atoms with Crippen LogP contribution in [0.15, 0.2) is 24.3 Å². The molecule has 1 aliphatic rings. The van der Waals surface area contributed by atoms with Gasteiger partial charge in [0.05, 0.1) is 13.2 Å². The van der Waals surface area contributed by atoms with Gasteiger partial charge in [-0.15, -0.1) is 0 Å². The van der Waals surface area contributed by atoms with Crippen LogP contribution in [-0.4, -0.2) is 62.7 Å². The number of hydrogen-bond donors (Lipinski definition) is 1. The molecule has 0 aliphatic carbocycles. The minimum absolute atomic E-state index is 0.0457. The van der Waals surface area contributed by atoms with Crippen molar-refractivity contribution >= 4 is 5.91 Å². The number of ether oxygens (including phenoxy) is 1. The maximum atomic E-state index is 13.3. The number of nitrogens with one attached hydrogen (secondary N) is 1. The van der Waals surface area contributed by atoms with Gasteiger partial charge in [0.2, 0.25) is 5.91 Å². The van der Waals surface area contributed by atoms with E-state index >= 15 is 0 Å². The SMILES string of the molecule is COCCN(C)CCN1C(=O)CNC1c1cccc(F)c1. The summed E-state index contributed by atoms with van der Waals surface area (Å²) in [5.41, 5.74) is 0.778. The number of hydrogen-bond acceptors (Lipinski definition) is 4. The van der Waals surface area contributed by atoms with Crippen LogP contribution in [-0.2, 0) is 9.53 Å². The molecule has 1 unspecified atom stereocenters. The molecular weight excluding hydrogens is 273 g/mol. The van der Waals surface area contributed by atoms with Gasteiger partial charge in [0, 0.05) is 26.7 Å². The number of halogens is 1. The number of rotatable bonds is 7. The Bertz CT molecular complexity index is 484. The smallest absolute Gasteiger partial charge is 0.238 e. The summed E-state index contributed by atoms with van der Waals surface area (Å²) in [6.07, 6.45) is -0.246. The minimum Gasteiger partial charge on any atom is -0.383 e. The second-order valence-corrected chi connectivity index (χ2v) is 5.22. The molecule has 6 heteroatoms. The van der Waals surface area contributed by atoms with Crippen molar-refractivity contribution in [2.24, 2.45) is 0 Å². The van der Waals surface area contributed by atoms with Crippen LogP contribution in [0, 0.1) is 5.82 Å². The molecule has 1 N–H and O–H groups in total. The van der Waals surface area contributed by atoms with Crippen LogP contribution in [0.4, 0.5) is 4.39 Å². The molecule has 0 radical (unpaired) electrons. The highest BCUT2D eigenvalue weighted by atomic mass is 19.1. The van der Waals surface area contributed by atoms with Gasteiger partial charge in [0.15, 0.2) is 0 Å². The van der Waals surface area contributed by atoms with E-state index in [1.165, 1.54) is 12.1 Å². The molecule has 1 aromatic rings. The highest BCUT2D eigenvalue weighted by Crippen LogP contribution is 2.22. The van der Waals surface area contributed by atoms with Crippen molar-refractivity contribution in [1.29, 1.82) is 0 Å². The molecule has 21 heavy (non-hydrogen) atoms. The van der Waals surface area contributed by atoms with Crippen LogP contribution in [0.5, 0.6) is 0 Å². The minimum atomic E-state index is -0.286. The largest absolute Gasteiger partial charge is 0.383 e. The van der Waals surface area contributed by atoms with Crippen LogP contribution in [0.1, 0.15) is 11.7 Å². The van der Waals surface area contributed by atoms with Crippen molar-refractivity contribution in [1.82, 2.24) is 15.1 Å². The number of carbonyl (C=O) groups excluding carboxylic acids is 1. The van der Waals surface area contributed by atoms with E-state index in [9.17, 15) is 9.18 Å². The molecule has 1 aromatic carbocycles. The Labute approximate surface area is 124 Å². The maximum absolute atomic E-state index is 13.3. The third kappa shape index (κ3) is 4.23. The number of benzene rings is 1. The molecule has 0 saturated carbocycles. The van der Waals surface area contributed by atoms with Crippen molar-refractivity contribution in [3.63, 3.8) is 0 Å². The fraction of sp³-hybridized carbons (Fsp3) is 0.533. The van der Waals surface area contributed by atoms with Gasteiger partial charge in [0.25, 0.3) is 0 Å². The molecule has 1 heterocycles. The van der Waals surface area contributed by atoms with Crippen molar-refractivity contribution in [3.8, 4) is 0 Å². The monoisotopic (exact) mass is 295 g/mol. The van der Waals surface area contributed by atoms with Crippen molar-refractivity contribution in [2.45, 2.75) is 6.17 Å². The Balaban J connectivity index is 1.97. The Morgan fingerprint density at radius 3 is 3.00 bits per heavy atom. The summed E-state index contributed by atoms with van der Waals surface area (Å²) >= 11 is 0. The standard InChI is InChI=1S/C15H22FN3O2/c1-18(8-9-21-2)6-7-19-14(20)11-17-15(19)12-4-3-5-13(16)10-12/h3-5,10,15,17H,6-9,11H2,1-2H3. The van der Waals surface area contributed by atoms with Crippen molar-refractivity contribution < 1.29 is 13.9 Å². The lowest BCUT2D eigenvalue weighted by Gasteiger charge is -2.27. The average molecular weight is 295 g/mol. The lowest BCUT2D eigenvalue weighted by molar-refractivity contribution is -0.128. The third-order valence-corrected chi connectivity index (χ3v) is 3.64. The van der Waals surface area contributed by atoms with E-state index in [0.717, 1.165) is 18.7 Å². The molecule has 2 rings (SSSR count). The fourth-order valence-electron chi connectivity index (χ4n) is 2.41. The molecule has 116 valence electrons. The Morgan fingerprint density at radius 1 is 1.48 bits per heavy atom. The predicted molar refractivity (Wildman–Crippen MR) is 78.2 cm³/mol. The first kappa shape index (κ1) is 15.9. The van der Waals surface area contributed by atoms with Gasteiger partial charge < -0.3 is 14.5 Å². The quantitative estimate of drug-likeness (QED) is 0.809.